The Morgan fingerprint density at radius 1 is 1.55 bits per heavy atom. The van der Waals surface area contributed by atoms with E-state index in [0.29, 0.717) is 0 Å². The summed E-state index contributed by atoms with van der Waals surface area (Å²) in [6.07, 6.45) is -0.203. The summed E-state index contributed by atoms with van der Waals surface area (Å²) in [5.41, 5.74) is -0.419. The maximum atomic E-state index is 12.0. The maximum absolute atomic E-state index is 12.0. The molecule has 1 unspecified atom stereocenters. The molecule has 0 spiro atoms. The van der Waals surface area contributed by atoms with Gasteiger partial charge in [-0.05, 0) is 12.3 Å². The molecule has 8 nitrogen and oxygen atoms in total. The quantitative estimate of drug-likeness (QED) is 0.627. The van der Waals surface area contributed by atoms with Crippen LogP contribution in [-0.2, 0) is 4.74 Å². The molecule has 112 valence electrons. The van der Waals surface area contributed by atoms with E-state index in [9.17, 15) is 14.9 Å². The molecule has 0 aromatic carbocycles. The molecule has 1 rings (SSSR count). The van der Waals surface area contributed by atoms with Crippen LogP contribution in [0.4, 0.5) is 5.69 Å². The first-order valence-electron chi connectivity index (χ1n) is 6.18. The van der Waals surface area contributed by atoms with Crippen LogP contribution in [0, 0.1) is 22.5 Å². The number of nitrogens with zero attached hydrogens (tertiary/aromatic N) is 2. The van der Waals surface area contributed by atoms with E-state index < -0.39 is 10.8 Å². The molecule has 2 N–H and O–H groups in total. The van der Waals surface area contributed by atoms with Crippen LogP contribution in [0.15, 0.2) is 0 Å². The van der Waals surface area contributed by atoms with Crippen molar-refractivity contribution in [3.63, 3.8) is 0 Å². The number of rotatable bonds is 5. The number of methoxy groups -OCH3 is 1. The molecule has 0 saturated heterocycles. The third kappa shape index (κ3) is 3.53. The van der Waals surface area contributed by atoms with E-state index in [1.807, 2.05) is 20.8 Å². The lowest BCUT2D eigenvalue weighted by molar-refractivity contribution is -0.385. The number of amides is 1. The first-order valence-corrected chi connectivity index (χ1v) is 6.18. The zero-order valence-electron chi connectivity index (χ0n) is 12.3. The van der Waals surface area contributed by atoms with E-state index in [4.69, 9.17) is 4.74 Å². The van der Waals surface area contributed by atoms with E-state index in [1.165, 1.54) is 6.92 Å². The molecule has 20 heavy (non-hydrogen) atoms. The normalized spacial score (nSPS) is 13.1. The average molecular weight is 284 g/mol. The van der Waals surface area contributed by atoms with Crippen molar-refractivity contribution in [3.05, 3.63) is 21.5 Å². The predicted octanol–water partition coefficient (Wildman–Crippen LogP) is 1.42. The smallest absolute Gasteiger partial charge is 0.322 e. The fraction of sp³-hybridized carbons (Fsp3) is 0.667. The van der Waals surface area contributed by atoms with Crippen LogP contribution in [0.2, 0.25) is 0 Å². The van der Waals surface area contributed by atoms with Gasteiger partial charge in [-0.25, -0.2) is 0 Å². The lowest BCUT2D eigenvalue weighted by Crippen LogP contribution is -2.40. The Bertz CT molecular complexity index is 504. The molecule has 1 aromatic rings. The lowest BCUT2D eigenvalue weighted by atomic mass is 9.89. The highest BCUT2D eigenvalue weighted by Gasteiger charge is 2.29. The first kappa shape index (κ1) is 16.1. The molecule has 1 heterocycles. The number of ether oxygens (including phenoxy) is 1. The Morgan fingerprint density at radius 3 is 2.60 bits per heavy atom. The lowest BCUT2D eigenvalue weighted by Gasteiger charge is -2.29. The van der Waals surface area contributed by atoms with Crippen LogP contribution in [0.3, 0.4) is 0 Å². The number of hydrogen-bond donors (Lipinski definition) is 2. The highest BCUT2D eigenvalue weighted by molar-refractivity contribution is 5.96. The molecule has 0 radical (unpaired) electrons. The number of aryl methyl sites for hydroxylation is 1. The maximum Gasteiger partial charge on any atom is 0.322 e. The van der Waals surface area contributed by atoms with Gasteiger partial charge >= 0.3 is 5.69 Å². The summed E-state index contributed by atoms with van der Waals surface area (Å²) in [5, 5.41) is 19.6. The Kier molecular flexibility index (Phi) is 4.83. The Labute approximate surface area is 117 Å². The van der Waals surface area contributed by atoms with Crippen LogP contribution in [0.25, 0.3) is 0 Å². The standard InChI is InChI=1S/C12H20N4O4/c1-7-10(16(18)19)9(15-14-7)11(17)13-6-8(20-5)12(2,3)4/h8H,6H2,1-5H3,(H,13,17)(H,14,15). The number of nitro groups is 1. The molecule has 0 aliphatic rings. The molecule has 1 atom stereocenters. The fourth-order valence-electron chi connectivity index (χ4n) is 1.82. The second kappa shape index (κ2) is 6.00. The van der Waals surface area contributed by atoms with Crippen molar-refractivity contribution in [1.29, 1.82) is 0 Å². The zero-order chi connectivity index (χ0) is 15.5. The van der Waals surface area contributed by atoms with Gasteiger partial charge in [-0.15, -0.1) is 0 Å². The Morgan fingerprint density at radius 2 is 2.15 bits per heavy atom. The van der Waals surface area contributed by atoms with Gasteiger partial charge in [0.05, 0.1) is 11.0 Å². The molecule has 0 aliphatic carbocycles. The van der Waals surface area contributed by atoms with Gasteiger partial charge < -0.3 is 10.1 Å². The van der Waals surface area contributed by atoms with E-state index in [1.54, 1.807) is 7.11 Å². The van der Waals surface area contributed by atoms with Gasteiger partial charge in [0.2, 0.25) is 5.69 Å². The first-order chi connectivity index (χ1) is 9.18. The number of hydrogen-bond acceptors (Lipinski definition) is 5. The minimum Gasteiger partial charge on any atom is -0.379 e. The van der Waals surface area contributed by atoms with Crippen molar-refractivity contribution in [2.45, 2.75) is 33.8 Å². The fourth-order valence-corrected chi connectivity index (χ4v) is 1.82. The molecule has 1 aromatic heterocycles. The number of carbonyl (C=O) groups excluding carboxylic acids is 1. The van der Waals surface area contributed by atoms with E-state index >= 15 is 0 Å². The summed E-state index contributed by atoms with van der Waals surface area (Å²) in [5.74, 6) is -0.590. The number of H-pyrrole nitrogens is 1. The molecule has 0 bridgehead atoms. The number of carbonyl (C=O) groups is 1. The SMILES string of the molecule is COC(CNC(=O)c1n[nH]c(C)c1[N+](=O)[O-])C(C)(C)C. The summed E-state index contributed by atoms with van der Waals surface area (Å²) in [6, 6.07) is 0. The molecule has 0 saturated carbocycles. The average Bonchev–Trinajstić information content (AvgIpc) is 2.70. The summed E-state index contributed by atoms with van der Waals surface area (Å²) < 4.78 is 5.31. The van der Waals surface area contributed by atoms with Gasteiger partial charge in [0.1, 0.15) is 5.69 Å². The summed E-state index contributed by atoms with van der Waals surface area (Å²) in [7, 11) is 1.56. The van der Waals surface area contributed by atoms with Crippen LogP contribution >= 0.6 is 0 Å². The van der Waals surface area contributed by atoms with Crippen molar-refractivity contribution >= 4 is 11.6 Å². The predicted molar refractivity (Wildman–Crippen MR) is 72.6 cm³/mol. The van der Waals surface area contributed by atoms with Crippen molar-refractivity contribution in [1.82, 2.24) is 15.5 Å². The largest absolute Gasteiger partial charge is 0.379 e. The number of aromatic nitrogens is 2. The summed E-state index contributed by atoms with van der Waals surface area (Å²) >= 11 is 0. The van der Waals surface area contributed by atoms with E-state index in [-0.39, 0.29) is 35.1 Å². The van der Waals surface area contributed by atoms with Gasteiger partial charge in [-0.3, -0.25) is 20.0 Å². The van der Waals surface area contributed by atoms with Gasteiger partial charge in [-0.2, -0.15) is 5.10 Å². The van der Waals surface area contributed by atoms with Gasteiger partial charge in [0, 0.05) is 13.7 Å². The third-order valence-electron chi connectivity index (χ3n) is 3.01. The molecule has 1 amide bonds. The molecule has 8 heteroatoms. The van der Waals surface area contributed by atoms with Crippen LogP contribution in [0.1, 0.15) is 37.0 Å². The van der Waals surface area contributed by atoms with E-state index in [0.717, 1.165) is 0 Å². The molecular weight excluding hydrogens is 264 g/mol. The highest BCUT2D eigenvalue weighted by Crippen LogP contribution is 2.22. The molecular formula is C12H20N4O4. The monoisotopic (exact) mass is 284 g/mol. The van der Waals surface area contributed by atoms with Crippen molar-refractivity contribution in [2.75, 3.05) is 13.7 Å². The topological polar surface area (TPSA) is 110 Å². The number of nitrogens with one attached hydrogen (secondary N) is 2. The van der Waals surface area contributed by atoms with Crippen LogP contribution in [0.5, 0.6) is 0 Å². The molecule has 0 aliphatic heterocycles. The van der Waals surface area contributed by atoms with Gasteiger partial charge in [-0.1, -0.05) is 20.8 Å². The Balaban J connectivity index is 2.80. The zero-order valence-corrected chi connectivity index (χ0v) is 12.3. The van der Waals surface area contributed by atoms with Crippen molar-refractivity contribution < 1.29 is 14.5 Å². The summed E-state index contributed by atoms with van der Waals surface area (Å²) in [4.78, 5) is 22.3. The second-order valence-corrected chi connectivity index (χ2v) is 5.60. The van der Waals surface area contributed by atoms with Crippen molar-refractivity contribution in [2.24, 2.45) is 5.41 Å². The van der Waals surface area contributed by atoms with Gasteiger partial charge in [0.15, 0.2) is 0 Å². The Hall–Kier alpha value is -1.96. The van der Waals surface area contributed by atoms with Crippen molar-refractivity contribution in [3.8, 4) is 0 Å². The highest BCUT2D eigenvalue weighted by atomic mass is 16.6. The van der Waals surface area contributed by atoms with Crippen LogP contribution < -0.4 is 5.32 Å². The minimum absolute atomic E-state index is 0.157. The second-order valence-electron chi connectivity index (χ2n) is 5.60. The number of aromatic amines is 1. The minimum atomic E-state index is -0.620. The van der Waals surface area contributed by atoms with Crippen LogP contribution in [-0.4, -0.2) is 40.8 Å². The summed E-state index contributed by atoms with van der Waals surface area (Å²) in [6.45, 7) is 7.69. The van der Waals surface area contributed by atoms with Gasteiger partial charge in [0.25, 0.3) is 5.91 Å². The van der Waals surface area contributed by atoms with E-state index in [2.05, 4.69) is 15.5 Å². The third-order valence-corrected chi connectivity index (χ3v) is 3.01. The molecule has 0 fully saturated rings.